The molecule has 0 saturated carbocycles. The van der Waals surface area contributed by atoms with Crippen molar-refractivity contribution in [2.75, 3.05) is 18.0 Å². The van der Waals surface area contributed by atoms with Gasteiger partial charge in [0.2, 0.25) is 0 Å². The molecule has 0 spiro atoms. The molecule has 2 aromatic carbocycles. The van der Waals surface area contributed by atoms with Crippen LogP contribution in [-0.2, 0) is 13.1 Å². The molecule has 4 rings (SSSR count). The first kappa shape index (κ1) is 25.4. The van der Waals surface area contributed by atoms with Crippen molar-refractivity contribution in [3.63, 3.8) is 0 Å². The van der Waals surface area contributed by atoms with E-state index in [2.05, 4.69) is 15.6 Å². The molecule has 188 valence electrons. The highest BCUT2D eigenvalue weighted by molar-refractivity contribution is 6.06. The minimum absolute atomic E-state index is 0.00446. The molecule has 0 radical (unpaired) electrons. The number of hydrogen-bond acceptors (Lipinski definition) is 4. The van der Waals surface area contributed by atoms with E-state index < -0.39 is 11.6 Å². The summed E-state index contributed by atoms with van der Waals surface area (Å²) in [5.41, 5.74) is 2.90. The summed E-state index contributed by atoms with van der Waals surface area (Å²) in [5, 5.41) is 6.16. The second-order valence-corrected chi connectivity index (χ2v) is 8.94. The quantitative estimate of drug-likeness (QED) is 0.538. The first-order valence-corrected chi connectivity index (χ1v) is 12.3. The number of aromatic nitrogens is 1. The Balaban J connectivity index is 1.59. The lowest BCUT2D eigenvalue weighted by molar-refractivity contribution is 0.0949. The van der Waals surface area contributed by atoms with Gasteiger partial charge in [-0.25, -0.2) is 8.78 Å². The Kier molecular flexibility index (Phi) is 8.73. The predicted molar refractivity (Wildman–Crippen MR) is 135 cm³/mol. The fraction of sp³-hybridized carbons (Fsp3) is 0.321. The smallest absolute Gasteiger partial charge is 0.258 e. The average molecular weight is 493 g/mol. The summed E-state index contributed by atoms with van der Waals surface area (Å²) in [4.78, 5) is 32.1. The fourth-order valence-electron chi connectivity index (χ4n) is 4.38. The Morgan fingerprint density at radius 3 is 2.39 bits per heavy atom. The van der Waals surface area contributed by atoms with Crippen LogP contribution >= 0.6 is 0 Å². The number of anilines is 1. The molecule has 2 N–H and O–H groups in total. The van der Waals surface area contributed by atoms with Gasteiger partial charge in [-0.2, -0.15) is 0 Å². The van der Waals surface area contributed by atoms with E-state index in [1.807, 2.05) is 0 Å². The number of fused-ring (bicyclic) bond motifs is 1. The molecular formula is C28H30F2N4O2. The van der Waals surface area contributed by atoms with Crippen LogP contribution in [0.2, 0.25) is 0 Å². The number of hydrogen-bond donors (Lipinski definition) is 2. The summed E-state index contributed by atoms with van der Waals surface area (Å²) >= 11 is 0. The van der Waals surface area contributed by atoms with Crippen molar-refractivity contribution < 1.29 is 18.4 Å². The first-order chi connectivity index (χ1) is 17.5. The van der Waals surface area contributed by atoms with Crippen molar-refractivity contribution in [2.45, 2.75) is 45.2 Å². The van der Waals surface area contributed by atoms with Crippen LogP contribution in [0, 0.1) is 11.6 Å². The highest BCUT2D eigenvalue weighted by atomic mass is 19.1. The number of carbonyl (C=O) groups is 2. The topological polar surface area (TPSA) is 74.3 Å². The third-order valence-corrected chi connectivity index (χ3v) is 6.23. The maximum Gasteiger partial charge on any atom is 0.258 e. The van der Waals surface area contributed by atoms with E-state index >= 15 is 0 Å². The van der Waals surface area contributed by atoms with Crippen LogP contribution in [0.3, 0.4) is 0 Å². The molecule has 36 heavy (non-hydrogen) atoms. The SMILES string of the molecule is O=C(NCc1cc(F)cc(F)c1)c1ccc2c(c1)CNCCCCCCCN2C(=O)c1ccncc1. The van der Waals surface area contributed by atoms with Crippen molar-refractivity contribution >= 4 is 17.5 Å². The lowest BCUT2D eigenvalue weighted by atomic mass is 10.0. The zero-order valence-corrected chi connectivity index (χ0v) is 20.1. The Morgan fingerprint density at radius 2 is 1.61 bits per heavy atom. The van der Waals surface area contributed by atoms with Gasteiger partial charge in [-0.3, -0.25) is 14.6 Å². The molecule has 0 atom stereocenters. The van der Waals surface area contributed by atoms with E-state index in [1.165, 1.54) is 12.1 Å². The van der Waals surface area contributed by atoms with E-state index in [1.54, 1.807) is 47.6 Å². The molecule has 0 saturated heterocycles. The Hall–Kier alpha value is -3.65. The average Bonchev–Trinajstić information content (AvgIpc) is 2.87. The van der Waals surface area contributed by atoms with Gasteiger partial charge >= 0.3 is 0 Å². The number of pyridine rings is 1. The van der Waals surface area contributed by atoms with E-state index in [-0.39, 0.29) is 18.4 Å². The number of benzene rings is 2. The minimum Gasteiger partial charge on any atom is -0.348 e. The highest BCUT2D eigenvalue weighted by Crippen LogP contribution is 2.26. The zero-order valence-electron chi connectivity index (χ0n) is 20.1. The van der Waals surface area contributed by atoms with Crippen LogP contribution < -0.4 is 15.5 Å². The van der Waals surface area contributed by atoms with Crippen molar-refractivity contribution in [2.24, 2.45) is 0 Å². The van der Waals surface area contributed by atoms with Crippen LogP contribution in [-0.4, -0.2) is 29.9 Å². The van der Waals surface area contributed by atoms with E-state index in [4.69, 9.17) is 0 Å². The number of amides is 2. The Labute approximate surface area is 209 Å². The van der Waals surface area contributed by atoms with Crippen LogP contribution in [0.1, 0.15) is 63.9 Å². The number of nitrogens with zero attached hydrogens (tertiary/aromatic N) is 2. The minimum atomic E-state index is -0.691. The number of carbonyl (C=O) groups excluding carboxylic acids is 2. The van der Waals surface area contributed by atoms with Crippen LogP contribution in [0.25, 0.3) is 0 Å². The molecule has 0 fully saturated rings. The molecule has 3 aromatic rings. The standard InChI is InChI=1S/C28H30F2N4O2/c29-24-14-20(15-25(30)17-24)18-33-27(35)22-6-7-26-23(16-22)19-32-10-4-2-1-3-5-13-34(26)28(36)21-8-11-31-12-9-21/h6-9,11-12,14-17,32H,1-5,10,13,18-19H2,(H,33,35). The van der Waals surface area contributed by atoms with Gasteiger partial charge in [0.05, 0.1) is 0 Å². The summed E-state index contributed by atoms with van der Waals surface area (Å²) in [5.74, 6) is -1.85. The predicted octanol–water partition coefficient (Wildman–Crippen LogP) is 4.99. The zero-order chi connectivity index (χ0) is 25.3. The van der Waals surface area contributed by atoms with Crippen LogP contribution in [0.15, 0.2) is 60.9 Å². The third kappa shape index (κ3) is 6.73. The Morgan fingerprint density at radius 1 is 0.889 bits per heavy atom. The van der Waals surface area contributed by atoms with Gasteiger partial charge in [0.25, 0.3) is 11.8 Å². The molecule has 1 aliphatic heterocycles. The third-order valence-electron chi connectivity index (χ3n) is 6.23. The van der Waals surface area contributed by atoms with E-state index in [0.29, 0.717) is 29.8 Å². The normalized spacial score (nSPS) is 14.8. The summed E-state index contributed by atoms with van der Waals surface area (Å²) in [6.07, 6.45) is 8.45. The maximum absolute atomic E-state index is 13.5. The van der Waals surface area contributed by atoms with Gasteiger partial charge in [-0.1, -0.05) is 19.3 Å². The number of halogens is 2. The lowest BCUT2D eigenvalue weighted by Gasteiger charge is -2.27. The lowest BCUT2D eigenvalue weighted by Crippen LogP contribution is -2.34. The van der Waals surface area contributed by atoms with Gasteiger partial charge in [0.1, 0.15) is 11.6 Å². The second kappa shape index (κ2) is 12.4. The monoisotopic (exact) mass is 492 g/mol. The van der Waals surface area contributed by atoms with E-state index in [0.717, 1.165) is 56.0 Å². The van der Waals surface area contributed by atoms with Crippen LogP contribution in [0.5, 0.6) is 0 Å². The molecule has 8 heteroatoms. The first-order valence-electron chi connectivity index (χ1n) is 12.3. The number of rotatable bonds is 4. The van der Waals surface area contributed by atoms with Gasteiger partial charge in [0.15, 0.2) is 0 Å². The summed E-state index contributed by atoms with van der Waals surface area (Å²) in [6, 6.07) is 11.8. The summed E-state index contributed by atoms with van der Waals surface area (Å²) < 4.78 is 27.0. The van der Waals surface area contributed by atoms with Gasteiger partial charge in [0, 0.05) is 54.9 Å². The summed E-state index contributed by atoms with van der Waals surface area (Å²) in [7, 11) is 0. The molecule has 2 amide bonds. The van der Waals surface area contributed by atoms with Crippen molar-refractivity contribution in [3.8, 4) is 0 Å². The molecule has 0 bridgehead atoms. The largest absolute Gasteiger partial charge is 0.348 e. The molecule has 0 unspecified atom stereocenters. The number of nitrogens with one attached hydrogen (secondary N) is 2. The molecule has 1 aliphatic rings. The van der Waals surface area contributed by atoms with E-state index in [9.17, 15) is 18.4 Å². The van der Waals surface area contributed by atoms with Gasteiger partial charge in [-0.05, 0) is 73.0 Å². The van der Waals surface area contributed by atoms with Crippen LogP contribution in [0.4, 0.5) is 14.5 Å². The molecule has 0 aliphatic carbocycles. The molecular weight excluding hydrogens is 462 g/mol. The molecule has 2 heterocycles. The molecule has 1 aromatic heterocycles. The van der Waals surface area contributed by atoms with Gasteiger partial charge < -0.3 is 15.5 Å². The maximum atomic E-state index is 13.5. The van der Waals surface area contributed by atoms with Crippen molar-refractivity contribution in [1.29, 1.82) is 0 Å². The van der Waals surface area contributed by atoms with Gasteiger partial charge in [-0.15, -0.1) is 0 Å². The van der Waals surface area contributed by atoms with Crippen molar-refractivity contribution in [3.05, 3.63) is 94.8 Å². The Bertz CT molecular complexity index is 1180. The highest BCUT2D eigenvalue weighted by Gasteiger charge is 2.21. The molecule has 6 nitrogen and oxygen atoms in total. The summed E-state index contributed by atoms with van der Waals surface area (Å²) in [6.45, 7) is 1.92. The second-order valence-electron chi connectivity index (χ2n) is 8.94. The van der Waals surface area contributed by atoms with Crippen molar-refractivity contribution in [1.82, 2.24) is 15.6 Å². The fourth-order valence-corrected chi connectivity index (χ4v) is 4.38.